The zero-order valence-electron chi connectivity index (χ0n) is 9.19. The number of amides is 1. The molecule has 1 amide bonds. The lowest BCUT2D eigenvalue weighted by Gasteiger charge is -2.07. The zero-order valence-corrected chi connectivity index (χ0v) is 12.4. The lowest BCUT2D eigenvalue weighted by Crippen LogP contribution is -2.17. The summed E-state index contributed by atoms with van der Waals surface area (Å²) in [5, 5.41) is 12.5. The Hall–Kier alpha value is -1.05. The molecule has 0 aliphatic carbocycles. The number of ether oxygens (including phenoxy) is 1. The minimum atomic E-state index is -0.261. The van der Waals surface area contributed by atoms with Gasteiger partial charge in [0.1, 0.15) is 4.32 Å². The number of aromatic hydroxyl groups is 1. The molecule has 1 aromatic rings. The fourth-order valence-corrected chi connectivity index (χ4v) is 2.91. The molecule has 0 radical (unpaired) electrons. The Balaban J connectivity index is 2.46. The van der Waals surface area contributed by atoms with Crippen LogP contribution in [0.3, 0.4) is 0 Å². The molecule has 0 saturated carbocycles. The summed E-state index contributed by atoms with van der Waals surface area (Å²) >= 11 is 9.36. The van der Waals surface area contributed by atoms with Crippen molar-refractivity contribution in [2.75, 3.05) is 7.11 Å². The molecular formula is C11H8BrNO3S2. The maximum atomic E-state index is 11.5. The van der Waals surface area contributed by atoms with Gasteiger partial charge >= 0.3 is 0 Å². The lowest BCUT2D eigenvalue weighted by atomic mass is 10.1. The van der Waals surface area contributed by atoms with Gasteiger partial charge in [-0.25, -0.2) is 0 Å². The van der Waals surface area contributed by atoms with Gasteiger partial charge < -0.3 is 15.2 Å². The number of phenolic OH excluding ortho intramolecular Hbond substituents is 1. The van der Waals surface area contributed by atoms with Crippen LogP contribution in [0, 0.1) is 0 Å². The summed E-state index contributed by atoms with van der Waals surface area (Å²) in [5.74, 6) is 0.0602. The molecule has 2 rings (SSSR count). The first-order valence-electron chi connectivity index (χ1n) is 4.82. The van der Waals surface area contributed by atoms with Gasteiger partial charge in [0.25, 0.3) is 5.91 Å². The van der Waals surface area contributed by atoms with E-state index in [0.717, 1.165) is 16.2 Å². The first kappa shape index (κ1) is 13.4. The number of thioether (sulfide) groups is 1. The molecule has 1 aliphatic heterocycles. The van der Waals surface area contributed by atoms with Crippen LogP contribution in [0.4, 0.5) is 0 Å². The van der Waals surface area contributed by atoms with E-state index in [9.17, 15) is 9.90 Å². The van der Waals surface area contributed by atoms with Crippen molar-refractivity contribution >= 4 is 56.2 Å². The fourth-order valence-electron chi connectivity index (χ4n) is 1.42. The molecule has 0 unspecified atom stereocenters. The third-order valence-electron chi connectivity index (χ3n) is 2.22. The molecule has 0 spiro atoms. The van der Waals surface area contributed by atoms with Gasteiger partial charge in [0, 0.05) is 10.0 Å². The molecule has 94 valence electrons. The highest BCUT2D eigenvalue weighted by Crippen LogP contribution is 2.36. The second-order valence-corrected chi connectivity index (χ2v) is 6.03. The largest absolute Gasteiger partial charge is 0.504 e. The number of nitrogens with one attached hydrogen (secondary N) is 1. The number of phenols is 1. The fraction of sp³-hybridized carbons (Fsp3) is 0.0909. The van der Waals surface area contributed by atoms with E-state index in [1.54, 1.807) is 18.2 Å². The van der Waals surface area contributed by atoms with Crippen LogP contribution in [0.25, 0.3) is 6.08 Å². The summed E-state index contributed by atoms with van der Waals surface area (Å²) in [7, 11) is 1.46. The number of hydrogen-bond donors (Lipinski definition) is 2. The molecule has 0 atom stereocenters. The van der Waals surface area contributed by atoms with E-state index < -0.39 is 0 Å². The monoisotopic (exact) mass is 345 g/mol. The molecule has 1 saturated heterocycles. The highest BCUT2D eigenvalue weighted by atomic mass is 79.9. The highest BCUT2D eigenvalue weighted by molar-refractivity contribution is 9.10. The van der Waals surface area contributed by atoms with Crippen molar-refractivity contribution in [3.8, 4) is 11.5 Å². The van der Waals surface area contributed by atoms with Gasteiger partial charge in [-0.1, -0.05) is 39.9 Å². The number of thiocarbonyl (C=S) groups is 1. The Bertz CT molecular complexity index is 572. The van der Waals surface area contributed by atoms with E-state index >= 15 is 0 Å². The van der Waals surface area contributed by atoms with Crippen LogP contribution in [-0.4, -0.2) is 22.4 Å². The van der Waals surface area contributed by atoms with Gasteiger partial charge in [-0.2, -0.15) is 0 Å². The summed E-state index contributed by atoms with van der Waals surface area (Å²) in [6.07, 6.45) is 1.57. The van der Waals surface area contributed by atoms with Crippen molar-refractivity contribution in [3.05, 3.63) is 27.1 Å². The summed E-state index contributed by atoms with van der Waals surface area (Å²) in [6, 6.07) is 3.34. The first-order valence-corrected chi connectivity index (χ1v) is 6.84. The number of halogens is 1. The first-order chi connectivity index (χ1) is 8.51. The number of carbonyl (C=O) groups is 1. The maximum Gasteiger partial charge on any atom is 0.263 e. The molecule has 1 aromatic carbocycles. The van der Waals surface area contributed by atoms with Gasteiger partial charge in [-0.3, -0.25) is 4.79 Å². The van der Waals surface area contributed by atoms with E-state index in [4.69, 9.17) is 17.0 Å². The van der Waals surface area contributed by atoms with Crippen LogP contribution in [-0.2, 0) is 4.79 Å². The number of benzene rings is 1. The Kier molecular flexibility index (Phi) is 3.94. The molecule has 1 heterocycles. The quantitative estimate of drug-likeness (QED) is 0.637. The highest BCUT2D eigenvalue weighted by Gasteiger charge is 2.22. The van der Waals surface area contributed by atoms with E-state index in [1.807, 2.05) is 0 Å². The van der Waals surface area contributed by atoms with Crippen molar-refractivity contribution in [1.29, 1.82) is 0 Å². The average Bonchev–Trinajstić information content (AvgIpc) is 2.62. The SMILES string of the molecule is COc1cc(Br)cc(C=C2SC(=S)NC2=O)c1O. The second-order valence-electron chi connectivity index (χ2n) is 3.40. The van der Waals surface area contributed by atoms with Crippen molar-refractivity contribution in [3.63, 3.8) is 0 Å². The number of methoxy groups -OCH3 is 1. The average molecular weight is 346 g/mol. The Morgan fingerprint density at radius 2 is 2.28 bits per heavy atom. The van der Waals surface area contributed by atoms with Gasteiger partial charge in [0.2, 0.25) is 0 Å². The molecule has 0 aromatic heterocycles. The van der Waals surface area contributed by atoms with E-state index in [-0.39, 0.29) is 11.7 Å². The van der Waals surface area contributed by atoms with E-state index in [1.165, 1.54) is 7.11 Å². The van der Waals surface area contributed by atoms with Crippen LogP contribution >= 0.6 is 39.9 Å². The molecular weight excluding hydrogens is 338 g/mol. The molecule has 2 N–H and O–H groups in total. The molecule has 0 bridgehead atoms. The summed E-state index contributed by atoms with van der Waals surface area (Å²) in [4.78, 5) is 12.0. The van der Waals surface area contributed by atoms with Gasteiger partial charge in [0.15, 0.2) is 11.5 Å². The number of carbonyl (C=O) groups excluding carboxylic acids is 1. The van der Waals surface area contributed by atoms with Crippen molar-refractivity contribution in [2.24, 2.45) is 0 Å². The van der Waals surface area contributed by atoms with E-state index in [0.29, 0.717) is 20.5 Å². The van der Waals surface area contributed by atoms with Gasteiger partial charge in [-0.05, 0) is 18.2 Å². The summed E-state index contributed by atoms with van der Waals surface area (Å²) < 4.78 is 6.19. The predicted octanol–water partition coefficient (Wildman–Crippen LogP) is 2.65. The van der Waals surface area contributed by atoms with Crippen molar-refractivity contribution in [2.45, 2.75) is 0 Å². The van der Waals surface area contributed by atoms with Crippen LogP contribution in [0.1, 0.15) is 5.56 Å². The molecule has 1 aliphatic rings. The third kappa shape index (κ3) is 2.68. The van der Waals surface area contributed by atoms with Crippen molar-refractivity contribution in [1.82, 2.24) is 5.32 Å². The Morgan fingerprint density at radius 3 is 2.83 bits per heavy atom. The topological polar surface area (TPSA) is 58.6 Å². The molecule has 18 heavy (non-hydrogen) atoms. The summed E-state index contributed by atoms with van der Waals surface area (Å²) in [5.41, 5.74) is 0.489. The third-order valence-corrected chi connectivity index (χ3v) is 3.84. The molecule has 4 nitrogen and oxygen atoms in total. The Labute approximate surface area is 122 Å². The molecule has 7 heteroatoms. The predicted molar refractivity (Wildman–Crippen MR) is 78.7 cm³/mol. The number of rotatable bonds is 2. The van der Waals surface area contributed by atoms with Crippen LogP contribution in [0.15, 0.2) is 21.5 Å². The van der Waals surface area contributed by atoms with Crippen LogP contribution < -0.4 is 10.1 Å². The minimum absolute atomic E-state index is 0.0144. The standard InChI is InChI=1S/C11H8BrNO3S2/c1-16-7-4-6(12)2-5(9(7)14)3-8-10(15)13-11(17)18-8/h2-4,14H,1H3,(H,13,15,17). The van der Waals surface area contributed by atoms with Crippen LogP contribution in [0.2, 0.25) is 0 Å². The normalized spacial score (nSPS) is 17.1. The molecule has 1 fully saturated rings. The van der Waals surface area contributed by atoms with Gasteiger partial charge in [0.05, 0.1) is 12.0 Å². The lowest BCUT2D eigenvalue weighted by molar-refractivity contribution is -0.115. The summed E-state index contributed by atoms with van der Waals surface area (Å²) in [6.45, 7) is 0. The minimum Gasteiger partial charge on any atom is -0.504 e. The van der Waals surface area contributed by atoms with Crippen molar-refractivity contribution < 1.29 is 14.6 Å². The van der Waals surface area contributed by atoms with Gasteiger partial charge in [-0.15, -0.1) is 0 Å². The zero-order chi connectivity index (χ0) is 13.3. The smallest absolute Gasteiger partial charge is 0.263 e. The van der Waals surface area contributed by atoms with E-state index in [2.05, 4.69) is 21.2 Å². The maximum absolute atomic E-state index is 11.5. The van der Waals surface area contributed by atoms with Crippen LogP contribution in [0.5, 0.6) is 11.5 Å². The second kappa shape index (κ2) is 5.29. The Morgan fingerprint density at radius 1 is 1.56 bits per heavy atom. The number of hydrogen-bond acceptors (Lipinski definition) is 5.